The Morgan fingerprint density at radius 2 is 1.71 bits per heavy atom. The lowest BCUT2D eigenvalue weighted by molar-refractivity contribution is -0.114. The van der Waals surface area contributed by atoms with Crippen LogP contribution in [0.15, 0.2) is 90.3 Å². The van der Waals surface area contributed by atoms with Crippen molar-refractivity contribution in [3.63, 3.8) is 0 Å². The van der Waals surface area contributed by atoms with Crippen LogP contribution < -0.4 is 19.1 Å². The van der Waals surface area contributed by atoms with Gasteiger partial charge in [0, 0.05) is 11.8 Å². The third-order valence-corrected chi connectivity index (χ3v) is 6.61. The minimum absolute atomic E-state index is 0.0969. The van der Waals surface area contributed by atoms with Crippen LogP contribution in [0.25, 0.3) is 0 Å². The van der Waals surface area contributed by atoms with Crippen LogP contribution in [0.5, 0.6) is 11.5 Å². The predicted molar refractivity (Wildman–Crippen MR) is 134 cm³/mol. The van der Waals surface area contributed by atoms with Crippen LogP contribution in [0.3, 0.4) is 0 Å². The molecular formula is C26H28N2O5S. The molecule has 3 rings (SSSR count). The van der Waals surface area contributed by atoms with Crippen molar-refractivity contribution in [3.8, 4) is 11.5 Å². The number of nitrogens with one attached hydrogen (secondary N) is 1. The van der Waals surface area contributed by atoms with E-state index >= 15 is 0 Å². The molecule has 0 aromatic heterocycles. The normalized spacial score (nSPS) is 10.9. The first-order valence-electron chi connectivity index (χ1n) is 10.8. The lowest BCUT2D eigenvalue weighted by Crippen LogP contribution is -2.38. The van der Waals surface area contributed by atoms with E-state index in [0.29, 0.717) is 36.1 Å². The molecule has 0 atom stereocenters. The van der Waals surface area contributed by atoms with Crippen molar-refractivity contribution >= 4 is 27.3 Å². The third kappa shape index (κ3) is 6.39. The molecule has 0 saturated carbocycles. The van der Waals surface area contributed by atoms with Gasteiger partial charge in [0.15, 0.2) is 0 Å². The highest BCUT2D eigenvalue weighted by molar-refractivity contribution is 7.92. The summed E-state index contributed by atoms with van der Waals surface area (Å²) in [4.78, 5) is 13.0. The lowest BCUT2D eigenvalue weighted by Gasteiger charge is -2.24. The monoisotopic (exact) mass is 480 g/mol. The second-order valence-electron chi connectivity index (χ2n) is 7.43. The van der Waals surface area contributed by atoms with Crippen molar-refractivity contribution in [2.24, 2.45) is 0 Å². The Hall–Kier alpha value is -3.78. The first kappa shape index (κ1) is 24.9. The van der Waals surface area contributed by atoms with Crippen molar-refractivity contribution in [1.82, 2.24) is 0 Å². The smallest absolute Gasteiger partial charge is 0.264 e. The number of carbonyl (C=O) groups excluding carboxylic acids is 1. The number of rotatable bonds is 11. The Balaban J connectivity index is 1.88. The standard InChI is InChI=1S/C26H28N2O5S/c1-4-17-33-24-8-6-7-21(18-24)27-26(29)19-28(22-11-13-23(14-12-22)32-5-2)34(30,31)25-15-9-20(3)10-16-25/h4,6-16,18H,1,5,17,19H2,2-3H3,(H,27,29). The summed E-state index contributed by atoms with van der Waals surface area (Å²) in [6, 6.07) is 20.0. The number of nitrogens with zero attached hydrogens (tertiary/aromatic N) is 1. The summed E-state index contributed by atoms with van der Waals surface area (Å²) in [6.45, 7) is 7.76. The highest BCUT2D eigenvalue weighted by Crippen LogP contribution is 2.26. The SMILES string of the molecule is C=CCOc1cccc(NC(=O)CN(c2ccc(OCC)cc2)S(=O)(=O)c2ccc(C)cc2)c1. The molecule has 1 N–H and O–H groups in total. The predicted octanol–water partition coefficient (Wildman–Crippen LogP) is 4.79. The third-order valence-electron chi connectivity index (χ3n) is 4.82. The Morgan fingerprint density at radius 3 is 2.35 bits per heavy atom. The van der Waals surface area contributed by atoms with E-state index in [9.17, 15) is 13.2 Å². The summed E-state index contributed by atoms with van der Waals surface area (Å²) in [5.41, 5.74) is 1.77. The van der Waals surface area contributed by atoms with Gasteiger partial charge in [0.2, 0.25) is 5.91 Å². The van der Waals surface area contributed by atoms with E-state index in [1.807, 2.05) is 13.8 Å². The summed E-state index contributed by atoms with van der Waals surface area (Å²) in [6.07, 6.45) is 1.62. The molecule has 0 radical (unpaired) electrons. The van der Waals surface area contributed by atoms with Gasteiger partial charge >= 0.3 is 0 Å². The zero-order chi connectivity index (χ0) is 24.6. The van der Waals surface area contributed by atoms with Gasteiger partial charge < -0.3 is 14.8 Å². The zero-order valence-electron chi connectivity index (χ0n) is 19.2. The molecule has 3 aromatic rings. The van der Waals surface area contributed by atoms with E-state index in [4.69, 9.17) is 9.47 Å². The van der Waals surface area contributed by atoms with E-state index in [2.05, 4.69) is 11.9 Å². The lowest BCUT2D eigenvalue weighted by atomic mass is 10.2. The summed E-state index contributed by atoms with van der Waals surface area (Å²) in [5, 5.41) is 2.75. The zero-order valence-corrected chi connectivity index (χ0v) is 20.0. The fraction of sp³-hybridized carbons (Fsp3) is 0.192. The van der Waals surface area contributed by atoms with E-state index in [0.717, 1.165) is 9.87 Å². The Labute approximate surface area is 200 Å². The fourth-order valence-electron chi connectivity index (χ4n) is 3.18. The van der Waals surface area contributed by atoms with Crippen molar-refractivity contribution in [1.29, 1.82) is 0 Å². The minimum atomic E-state index is -4.01. The molecule has 0 aliphatic heterocycles. The van der Waals surface area contributed by atoms with E-state index in [-0.39, 0.29) is 4.90 Å². The molecule has 0 saturated heterocycles. The molecule has 178 valence electrons. The van der Waals surface area contributed by atoms with Gasteiger partial charge in [0.1, 0.15) is 24.7 Å². The summed E-state index contributed by atoms with van der Waals surface area (Å²) in [5.74, 6) is 0.679. The van der Waals surface area contributed by atoms with Gasteiger partial charge in [-0.3, -0.25) is 9.10 Å². The number of sulfonamides is 1. The molecule has 0 fully saturated rings. The highest BCUT2D eigenvalue weighted by Gasteiger charge is 2.27. The molecule has 0 spiro atoms. The van der Waals surface area contributed by atoms with Crippen LogP contribution in [-0.2, 0) is 14.8 Å². The molecule has 0 unspecified atom stereocenters. The molecule has 0 bridgehead atoms. The van der Waals surface area contributed by atoms with Gasteiger partial charge in [-0.25, -0.2) is 8.42 Å². The van der Waals surface area contributed by atoms with Crippen LogP contribution in [-0.4, -0.2) is 34.1 Å². The molecule has 8 heteroatoms. The Kier molecular flexibility index (Phi) is 8.32. The molecule has 0 aliphatic rings. The molecule has 3 aromatic carbocycles. The van der Waals surface area contributed by atoms with Crippen LogP contribution in [0.2, 0.25) is 0 Å². The first-order chi connectivity index (χ1) is 16.3. The average Bonchev–Trinajstić information content (AvgIpc) is 2.82. The number of carbonyl (C=O) groups is 1. The van der Waals surface area contributed by atoms with Crippen molar-refractivity contribution in [3.05, 3.63) is 91.0 Å². The number of anilines is 2. The second-order valence-corrected chi connectivity index (χ2v) is 9.29. The molecule has 1 amide bonds. The quantitative estimate of drug-likeness (QED) is 0.399. The maximum Gasteiger partial charge on any atom is 0.264 e. The van der Waals surface area contributed by atoms with E-state index in [1.54, 1.807) is 66.7 Å². The number of amides is 1. The maximum absolute atomic E-state index is 13.5. The van der Waals surface area contributed by atoms with Gasteiger partial charge in [0.25, 0.3) is 10.0 Å². The van der Waals surface area contributed by atoms with Gasteiger partial charge in [-0.2, -0.15) is 0 Å². The average molecular weight is 481 g/mol. The molecular weight excluding hydrogens is 452 g/mol. The molecule has 7 nitrogen and oxygen atoms in total. The van der Waals surface area contributed by atoms with Crippen LogP contribution in [0, 0.1) is 6.92 Å². The number of hydrogen-bond donors (Lipinski definition) is 1. The number of benzene rings is 3. The number of aryl methyl sites for hydroxylation is 1. The number of hydrogen-bond acceptors (Lipinski definition) is 5. The fourth-order valence-corrected chi connectivity index (χ4v) is 4.60. The maximum atomic E-state index is 13.5. The van der Waals surface area contributed by atoms with Crippen molar-refractivity contribution in [2.45, 2.75) is 18.7 Å². The van der Waals surface area contributed by atoms with Crippen molar-refractivity contribution < 1.29 is 22.7 Å². The first-order valence-corrected chi connectivity index (χ1v) is 12.2. The molecule has 0 aliphatic carbocycles. The van der Waals surface area contributed by atoms with Gasteiger partial charge in [0.05, 0.1) is 17.2 Å². The second kappa shape index (κ2) is 11.4. The molecule has 34 heavy (non-hydrogen) atoms. The van der Waals surface area contributed by atoms with Crippen molar-refractivity contribution in [2.75, 3.05) is 29.4 Å². The van der Waals surface area contributed by atoms with Crippen LogP contribution in [0.1, 0.15) is 12.5 Å². The van der Waals surface area contributed by atoms with Crippen LogP contribution >= 0.6 is 0 Å². The number of ether oxygens (including phenoxy) is 2. The van der Waals surface area contributed by atoms with Gasteiger partial charge in [-0.1, -0.05) is 36.4 Å². The molecule has 0 heterocycles. The van der Waals surface area contributed by atoms with Crippen LogP contribution in [0.4, 0.5) is 11.4 Å². The topological polar surface area (TPSA) is 84.9 Å². The van der Waals surface area contributed by atoms with Gasteiger partial charge in [-0.15, -0.1) is 0 Å². The Bertz CT molecular complexity index is 1220. The Morgan fingerprint density at radius 1 is 1.00 bits per heavy atom. The minimum Gasteiger partial charge on any atom is -0.494 e. The largest absolute Gasteiger partial charge is 0.494 e. The highest BCUT2D eigenvalue weighted by atomic mass is 32.2. The summed E-state index contributed by atoms with van der Waals surface area (Å²) >= 11 is 0. The van der Waals surface area contributed by atoms with E-state index in [1.165, 1.54) is 12.1 Å². The summed E-state index contributed by atoms with van der Waals surface area (Å²) < 4.78 is 39.0. The summed E-state index contributed by atoms with van der Waals surface area (Å²) in [7, 11) is -4.01. The van der Waals surface area contributed by atoms with E-state index < -0.39 is 22.5 Å². The van der Waals surface area contributed by atoms with Gasteiger partial charge in [-0.05, 0) is 62.4 Å².